The standard InChI is InChI=1S/C29H26Cl2N2/c1-2-17-33-27-14-7-6-11-23(27)24(29(33)22-9-4-3-5-10-22)20-32-18-15-21(16-19-32)28-25(30)12-8-13-26(28)31/h1,3-14,21H,15-20H2. The fourth-order valence-corrected chi connectivity index (χ4v) is 5.93. The second-order valence-corrected chi connectivity index (χ2v) is 9.50. The lowest BCUT2D eigenvalue weighted by Gasteiger charge is -2.33. The molecule has 5 rings (SSSR count). The van der Waals surface area contributed by atoms with Gasteiger partial charge in [-0.25, -0.2) is 0 Å². The number of terminal acetylenes is 1. The van der Waals surface area contributed by atoms with Crippen molar-refractivity contribution in [2.45, 2.75) is 31.8 Å². The molecule has 4 heteroatoms. The van der Waals surface area contributed by atoms with Crippen molar-refractivity contribution in [1.29, 1.82) is 0 Å². The summed E-state index contributed by atoms with van der Waals surface area (Å²) >= 11 is 13.0. The first-order valence-corrected chi connectivity index (χ1v) is 12.2. The molecule has 0 aliphatic carbocycles. The zero-order valence-corrected chi connectivity index (χ0v) is 20.0. The molecular weight excluding hydrogens is 447 g/mol. The molecule has 0 saturated carbocycles. The molecule has 2 nitrogen and oxygen atoms in total. The van der Waals surface area contributed by atoms with Gasteiger partial charge in [0, 0.05) is 27.5 Å². The highest BCUT2D eigenvalue weighted by Crippen LogP contribution is 2.39. The maximum absolute atomic E-state index is 6.50. The topological polar surface area (TPSA) is 8.17 Å². The smallest absolute Gasteiger partial charge is 0.0841 e. The van der Waals surface area contributed by atoms with E-state index in [0.717, 1.165) is 48.1 Å². The van der Waals surface area contributed by atoms with Crippen molar-refractivity contribution in [1.82, 2.24) is 9.47 Å². The molecule has 1 aliphatic rings. The number of likely N-dealkylation sites (tertiary alicyclic amines) is 1. The van der Waals surface area contributed by atoms with Crippen molar-refractivity contribution in [2.75, 3.05) is 13.1 Å². The van der Waals surface area contributed by atoms with E-state index in [2.05, 4.69) is 70.0 Å². The first-order chi connectivity index (χ1) is 16.2. The molecule has 1 fully saturated rings. The highest BCUT2D eigenvalue weighted by atomic mass is 35.5. The summed E-state index contributed by atoms with van der Waals surface area (Å²) in [5.41, 5.74) is 6.09. The Hall–Kier alpha value is -2.70. The Morgan fingerprint density at radius 1 is 0.848 bits per heavy atom. The normalized spacial score (nSPS) is 15.1. The molecule has 0 bridgehead atoms. The number of aromatic nitrogens is 1. The predicted octanol–water partition coefficient (Wildman–Crippen LogP) is 7.63. The van der Waals surface area contributed by atoms with E-state index in [1.165, 1.54) is 27.7 Å². The number of halogens is 2. The Balaban J connectivity index is 1.47. The van der Waals surface area contributed by atoms with E-state index < -0.39 is 0 Å². The Bertz CT molecular complexity index is 1290. The van der Waals surface area contributed by atoms with Gasteiger partial charge in [0.05, 0.1) is 12.2 Å². The Labute approximate surface area is 205 Å². The molecule has 3 aromatic carbocycles. The summed E-state index contributed by atoms with van der Waals surface area (Å²) in [4.78, 5) is 2.55. The molecule has 0 spiro atoms. The van der Waals surface area contributed by atoms with Gasteiger partial charge in [-0.2, -0.15) is 0 Å². The average molecular weight is 473 g/mol. The third kappa shape index (κ3) is 4.30. The molecule has 0 amide bonds. The summed E-state index contributed by atoms with van der Waals surface area (Å²) in [7, 11) is 0. The molecule has 0 atom stereocenters. The van der Waals surface area contributed by atoms with E-state index in [-0.39, 0.29) is 0 Å². The molecular formula is C29H26Cl2N2. The van der Waals surface area contributed by atoms with E-state index in [0.29, 0.717) is 12.5 Å². The molecule has 0 radical (unpaired) electrons. The minimum atomic E-state index is 0.402. The second-order valence-electron chi connectivity index (χ2n) is 8.69. The van der Waals surface area contributed by atoms with Gasteiger partial charge in [0.25, 0.3) is 0 Å². The van der Waals surface area contributed by atoms with Gasteiger partial charge in [0.2, 0.25) is 0 Å². The summed E-state index contributed by atoms with van der Waals surface area (Å²) < 4.78 is 2.29. The molecule has 33 heavy (non-hydrogen) atoms. The first-order valence-electron chi connectivity index (χ1n) is 11.4. The molecule has 1 aliphatic heterocycles. The van der Waals surface area contributed by atoms with Crippen LogP contribution in [-0.2, 0) is 13.1 Å². The lowest BCUT2D eigenvalue weighted by Crippen LogP contribution is -2.32. The zero-order chi connectivity index (χ0) is 22.8. The summed E-state index contributed by atoms with van der Waals surface area (Å²) in [6.07, 6.45) is 7.88. The molecule has 0 unspecified atom stereocenters. The van der Waals surface area contributed by atoms with Gasteiger partial charge in [-0.1, -0.05) is 83.7 Å². The highest BCUT2D eigenvalue weighted by Gasteiger charge is 2.26. The largest absolute Gasteiger partial charge is 0.328 e. The first kappa shape index (κ1) is 22.1. The maximum Gasteiger partial charge on any atom is 0.0841 e. The summed E-state index contributed by atoms with van der Waals surface area (Å²) in [5.74, 6) is 3.26. The van der Waals surface area contributed by atoms with Crippen LogP contribution in [0.4, 0.5) is 0 Å². The summed E-state index contributed by atoms with van der Waals surface area (Å²) in [6.45, 7) is 3.47. The molecule has 4 aromatic rings. The van der Waals surface area contributed by atoms with Gasteiger partial charge in [-0.15, -0.1) is 6.42 Å². The van der Waals surface area contributed by atoms with E-state index >= 15 is 0 Å². The lowest BCUT2D eigenvalue weighted by molar-refractivity contribution is 0.205. The van der Waals surface area contributed by atoms with Crippen LogP contribution in [-0.4, -0.2) is 22.6 Å². The number of nitrogens with zero attached hydrogens (tertiary/aromatic N) is 2. The van der Waals surface area contributed by atoms with Crippen molar-refractivity contribution in [3.63, 3.8) is 0 Å². The van der Waals surface area contributed by atoms with Gasteiger partial charge in [-0.05, 0) is 66.7 Å². The number of para-hydroxylation sites is 1. The predicted molar refractivity (Wildman–Crippen MR) is 140 cm³/mol. The number of fused-ring (bicyclic) bond motifs is 1. The van der Waals surface area contributed by atoms with Gasteiger partial charge < -0.3 is 4.57 Å². The number of hydrogen-bond acceptors (Lipinski definition) is 1. The van der Waals surface area contributed by atoms with Crippen molar-refractivity contribution >= 4 is 34.1 Å². The van der Waals surface area contributed by atoms with Gasteiger partial charge in [0.1, 0.15) is 0 Å². The van der Waals surface area contributed by atoms with Crippen molar-refractivity contribution < 1.29 is 0 Å². The van der Waals surface area contributed by atoms with Crippen molar-refractivity contribution in [2.24, 2.45) is 0 Å². The third-order valence-corrected chi connectivity index (χ3v) is 7.41. The second kappa shape index (κ2) is 9.65. The SMILES string of the molecule is C#CCn1c(-c2ccccc2)c(CN2CCC(c3c(Cl)cccc3Cl)CC2)c2ccccc21. The van der Waals surface area contributed by atoms with Gasteiger partial charge in [-0.3, -0.25) is 4.90 Å². The van der Waals surface area contributed by atoms with Crippen LogP contribution in [0.2, 0.25) is 10.0 Å². The van der Waals surface area contributed by atoms with E-state index in [4.69, 9.17) is 29.6 Å². The van der Waals surface area contributed by atoms with Crippen LogP contribution in [0.3, 0.4) is 0 Å². The summed E-state index contributed by atoms with van der Waals surface area (Å²) in [5, 5.41) is 2.84. The molecule has 2 heterocycles. The minimum Gasteiger partial charge on any atom is -0.328 e. The molecule has 166 valence electrons. The van der Waals surface area contributed by atoms with Crippen LogP contribution < -0.4 is 0 Å². The minimum absolute atomic E-state index is 0.402. The highest BCUT2D eigenvalue weighted by molar-refractivity contribution is 6.36. The Kier molecular flexibility index (Phi) is 6.47. The van der Waals surface area contributed by atoms with Gasteiger partial charge >= 0.3 is 0 Å². The van der Waals surface area contributed by atoms with Gasteiger partial charge in [0.15, 0.2) is 0 Å². The number of benzene rings is 3. The average Bonchev–Trinajstić information content (AvgIpc) is 3.14. The lowest BCUT2D eigenvalue weighted by atomic mass is 9.89. The Morgan fingerprint density at radius 3 is 2.21 bits per heavy atom. The number of hydrogen-bond donors (Lipinski definition) is 0. The van der Waals surface area contributed by atoms with E-state index in [1.807, 2.05) is 18.2 Å². The van der Waals surface area contributed by atoms with Crippen LogP contribution in [0.25, 0.3) is 22.2 Å². The maximum atomic E-state index is 6.50. The van der Waals surface area contributed by atoms with Crippen molar-refractivity contribution in [3.8, 4) is 23.6 Å². The summed E-state index contributed by atoms with van der Waals surface area (Å²) in [6, 6.07) is 25.0. The quantitative estimate of drug-likeness (QED) is 0.271. The number of piperidine rings is 1. The van der Waals surface area contributed by atoms with Crippen LogP contribution >= 0.6 is 23.2 Å². The zero-order valence-electron chi connectivity index (χ0n) is 18.5. The third-order valence-electron chi connectivity index (χ3n) is 6.75. The van der Waals surface area contributed by atoms with Crippen LogP contribution in [0.1, 0.15) is 29.9 Å². The molecule has 1 saturated heterocycles. The fraction of sp³-hybridized carbons (Fsp3) is 0.241. The molecule has 0 N–H and O–H groups in total. The van der Waals surface area contributed by atoms with Crippen LogP contribution in [0, 0.1) is 12.3 Å². The molecule has 1 aromatic heterocycles. The van der Waals surface area contributed by atoms with E-state index in [1.54, 1.807) is 0 Å². The Morgan fingerprint density at radius 2 is 1.52 bits per heavy atom. The fourth-order valence-electron chi connectivity index (χ4n) is 5.22. The monoisotopic (exact) mass is 472 g/mol. The van der Waals surface area contributed by atoms with E-state index in [9.17, 15) is 0 Å². The van der Waals surface area contributed by atoms with Crippen LogP contribution in [0.15, 0.2) is 72.8 Å². The number of rotatable bonds is 5. The van der Waals surface area contributed by atoms with Crippen molar-refractivity contribution in [3.05, 3.63) is 94.0 Å². The van der Waals surface area contributed by atoms with Crippen LogP contribution in [0.5, 0.6) is 0 Å².